The van der Waals surface area contributed by atoms with Gasteiger partial charge in [-0.2, -0.15) is 0 Å². The Morgan fingerprint density at radius 3 is 2.57 bits per heavy atom. The van der Waals surface area contributed by atoms with Gasteiger partial charge in [0.25, 0.3) is 0 Å². The molecule has 1 N–H and O–H groups in total. The molecule has 5 rings (SSSR count). The number of nitrogens with zero attached hydrogens (tertiary/aromatic N) is 1. The molecule has 0 radical (unpaired) electrons. The second-order valence-corrected chi connectivity index (χ2v) is 7.13. The fourth-order valence-electron chi connectivity index (χ4n) is 3.22. The summed E-state index contributed by atoms with van der Waals surface area (Å²) >= 11 is 6.14. The Morgan fingerprint density at radius 2 is 1.73 bits per heavy atom. The fourth-order valence-corrected chi connectivity index (χ4v) is 3.47. The van der Waals surface area contributed by atoms with Crippen LogP contribution in [0.25, 0.3) is 33.8 Å². The second kappa shape index (κ2) is 7.55. The lowest BCUT2D eigenvalue weighted by Crippen LogP contribution is -1.87. The monoisotopic (exact) mass is 412 g/mol. The molecular formula is C25H14ClFN2O. The Morgan fingerprint density at radius 1 is 0.900 bits per heavy atom. The van der Waals surface area contributed by atoms with Crippen molar-refractivity contribution in [1.29, 1.82) is 0 Å². The van der Waals surface area contributed by atoms with Gasteiger partial charge < -0.3 is 9.40 Å². The number of benzene rings is 3. The number of nitrogens with one attached hydrogen (secondary N) is 1. The first-order valence-corrected chi connectivity index (χ1v) is 9.65. The molecule has 3 aromatic carbocycles. The predicted molar refractivity (Wildman–Crippen MR) is 117 cm³/mol. The van der Waals surface area contributed by atoms with Crippen molar-refractivity contribution in [1.82, 2.24) is 9.97 Å². The third kappa shape index (κ3) is 3.47. The molecular weight excluding hydrogens is 399 g/mol. The molecule has 144 valence electrons. The van der Waals surface area contributed by atoms with Gasteiger partial charge in [-0.25, -0.2) is 9.37 Å². The van der Waals surface area contributed by atoms with Crippen LogP contribution in [0, 0.1) is 17.7 Å². The molecule has 0 aliphatic heterocycles. The maximum Gasteiger partial charge on any atom is 0.153 e. The number of aromatic amines is 1. The minimum Gasteiger partial charge on any atom is -0.454 e. The molecule has 0 saturated heterocycles. The van der Waals surface area contributed by atoms with Crippen molar-refractivity contribution >= 4 is 22.6 Å². The maximum atomic E-state index is 14.2. The largest absolute Gasteiger partial charge is 0.454 e. The van der Waals surface area contributed by atoms with Crippen LogP contribution in [0.2, 0.25) is 5.02 Å². The van der Waals surface area contributed by atoms with Crippen molar-refractivity contribution in [3.8, 4) is 34.7 Å². The first kappa shape index (κ1) is 18.2. The van der Waals surface area contributed by atoms with E-state index in [0.29, 0.717) is 22.3 Å². The SMILES string of the molecule is Fc1cccc(Cl)c1-c1ncc(-c2cc3cc(C#Cc4ccccc4)ccc3o2)[nH]1. The van der Waals surface area contributed by atoms with E-state index in [4.69, 9.17) is 16.0 Å². The van der Waals surface area contributed by atoms with Crippen molar-refractivity contribution in [2.45, 2.75) is 0 Å². The second-order valence-electron chi connectivity index (χ2n) is 6.72. The Balaban J connectivity index is 1.48. The molecule has 5 aromatic rings. The number of furan rings is 1. The van der Waals surface area contributed by atoms with Gasteiger partial charge in [-0.3, -0.25) is 0 Å². The zero-order valence-corrected chi connectivity index (χ0v) is 16.4. The summed E-state index contributed by atoms with van der Waals surface area (Å²) in [5, 5.41) is 1.21. The summed E-state index contributed by atoms with van der Waals surface area (Å²) in [5.41, 5.74) is 3.46. The Kier molecular flexibility index (Phi) is 4.59. The van der Waals surface area contributed by atoms with Gasteiger partial charge in [-0.15, -0.1) is 0 Å². The van der Waals surface area contributed by atoms with E-state index in [1.807, 2.05) is 54.6 Å². The lowest BCUT2D eigenvalue weighted by molar-refractivity contribution is 0.627. The summed E-state index contributed by atoms with van der Waals surface area (Å²) in [7, 11) is 0. The lowest BCUT2D eigenvalue weighted by atomic mass is 10.1. The summed E-state index contributed by atoms with van der Waals surface area (Å²) in [6.45, 7) is 0. The maximum absolute atomic E-state index is 14.2. The highest BCUT2D eigenvalue weighted by Crippen LogP contribution is 2.32. The molecule has 0 aliphatic rings. The molecule has 0 unspecified atom stereocenters. The van der Waals surface area contributed by atoms with E-state index < -0.39 is 5.82 Å². The highest BCUT2D eigenvalue weighted by atomic mass is 35.5. The van der Waals surface area contributed by atoms with Gasteiger partial charge in [0.2, 0.25) is 0 Å². The van der Waals surface area contributed by atoms with Crippen LogP contribution in [0.3, 0.4) is 0 Å². The molecule has 2 aromatic heterocycles. The van der Waals surface area contributed by atoms with E-state index >= 15 is 0 Å². The number of hydrogen-bond acceptors (Lipinski definition) is 2. The van der Waals surface area contributed by atoms with Crippen LogP contribution in [0.5, 0.6) is 0 Å². The van der Waals surface area contributed by atoms with E-state index in [0.717, 1.165) is 22.1 Å². The van der Waals surface area contributed by atoms with Gasteiger partial charge in [0.1, 0.15) is 22.9 Å². The highest BCUT2D eigenvalue weighted by molar-refractivity contribution is 6.33. The fraction of sp³-hybridized carbons (Fsp3) is 0. The number of rotatable bonds is 2. The molecule has 0 saturated carbocycles. The smallest absolute Gasteiger partial charge is 0.153 e. The molecule has 2 heterocycles. The molecule has 0 atom stereocenters. The average molecular weight is 413 g/mol. The minimum absolute atomic E-state index is 0.236. The van der Waals surface area contributed by atoms with Crippen LogP contribution >= 0.6 is 11.6 Å². The highest BCUT2D eigenvalue weighted by Gasteiger charge is 2.15. The van der Waals surface area contributed by atoms with Crippen molar-refractivity contribution in [2.75, 3.05) is 0 Å². The van der Waals surface area contributed by atoms with Crippen LogP contribution in [0.1, 0.15) is 11.1 Å². The predicted octanol–water partition coefficient (Wildman–Crippen LogP) is 6.68. The molecule has 30 heavy (non-hydrogen) atoms. The third-order valence-corrected chi connectivity index (χ3v) is 5.00. The van der Waals surface area contributed by atoms with Crippen molar-refractivity contribution in [2.24, 2.45) is 0 Å². The number of H-pyrrole nitrogens is 1. The van der Waals surface area contributed by atoms with Crippen LogP contribution in [0.15, 0.2) is 83.4 Å². The van der Waals surface area contributed by atoms with Crippen molar-refractivity contribution < 1.29 is 8.81 Å². The summed E-state index contributed by atoms with van der Waals surface area (Å²) in [6.07, 6.45) is 1.60. The van der Waals surface area contributed by atoms with Crippen LogP contribution in [-0.4, -0.2) is 9.97 Å². The van der Waals surface area contributed by atoms with E-state index in [2.05, 4.69) is 21.8 Å². The average Bonchev–Trinajstić information content (AvgIpc) is 3.40. The van der Waals surface area contributed by atoms with E-state index in [1.165, 1.54) is 6.07 Å². The van der Waals surface area contributed by atoms with Gasteiger partial charge in [0.05, 0.1) is 16.8 Å². The Bertz CT molecular complexity index is 1400. The summed E-state index contributed by atoms with van der Waals surface area (Å²) in [6, 6.07) is 22.1. The first-order chi connectivity index (χ1) is 14.7. The topological polar surface area (TPSA) is 41.8 Å². The third-order valence-electron chi connectivity index (χ3n) is 4.68. The number of imidazole rings is 1. The summed E-state index contributed by atoms with van der Waals surface area (Å²) < 4.78 is 20.1. The number of aromatic nitrogens is 2. The van der Waals surface area contributed by atoms with Gasteiger partial charge in [-0.1, -0.05) is 47.7 Å². The van der Waals surface area contributed by atoms with Gasteiger partial charge in [0.15, 0.2) is 5.76 Å². The van der Waals surface area contributed by atoms with E-state index in [9.17, 15) is 4.39 Å². The summed E-state index contributed by atoms with van der Waals surface area (Å²) in [4.78, 5) is 7.37. The Hall–Kier alpha value is -3.81. The minimum atomic E-state index is -0.436. The summed E-state index contributed by atoms with van der Waals surface area (Å²) in [5.74, 6) is 6.84. The van der Waals surface area contributed by atoms with Crippen molar-refractivity contribution in [3.05, 3.63) is 101 Å². The van der Waals surface area contributed by atoms with Crippen LogP contribution in [0.4, 0.5) is 4.39 Å². The van der Waals surface area contributed by atoms with Crippen LogP contribution < -0.4 is 0 Å². The van der Waals surface area contributed by atoms with E-state index in [1.54, 1.807) is 18.3 Å². The van der Waals surface area contributed by atoms with E-state index in [-0.39, 0.29) is 5.56 Å². The first-order valence-electron chi connectivity index (χ1n) is 9.28. The Labute approximate surface area is 177 Å². The molecule has 0 amide bonds. The molecule has 0 fully saturated rings. The number of halogens is 2. The normalized spacial score (nSPS) is 10.7. The molecule has 0 aliphatic carbocycles. The van der Waals surface area contributed by atoms with Crippen molar-refractivity contribution in [3.63, 3.8) is 0 Å². The number of hydrogen-bond donors (Lipinski definition) is 1. The van der Waals surface area contributed by atoms with Gasteiger partial charge in [0, 0.05) is 16.5 Å². The number of fused-ring (bicyclic) bond motifs is 1. The van der Waals surface area contributed by atoms with Gasteiger partial charge in [-0.05, 0) is 48.5 Å². The molecule has 0 bridgehead atoms. The molecule has 5 heteroatoms. The van der Waals surface area contributed by atoms with Gasteiger partial charge >= 0.3 is 0 Å². The molecule has 0 spiro atoms. The van der Waals surface area contributed by atoms with Crippen LogP contribution in [-0.2, 0) is 0 Å². The quantitative estimate of drug-likeness (QED) is 0.328. The zero-order valence-electron chi connectivity index (χ0n) is 15.6. The molecule has 3 nitrogen and oxygen atoms in total. The zero-order chi connectivity index (χ0) is 20.5. The lowest BCUT2D eigenvalue weighted by Gasteiger charge is -2.01. The standard InChI is InChI=1S/C25H14ClFN2O/c26-19-7-4-8-20(27)24(19)25-28-15-21(29-25)23-14-18-13-17(11-12-22(18)30-23)10-9-16-5-2-1-3-6-16/h1-8,11-15H,(H,28,29).